The van der Waals surface area contributed by atoms with Crippen LogP contribution in [0.2, 0.25) is 0 Å². The topological polar surface area (TPSA) is 45.4 Å². The van der Waals surface area contributed by atoms with Gasteiger partial charge >= 0.3 is 0 Å². The highest BCUT2D eigenvalue weighted by atomic mass is 32.1. The van der Waals surface area contributed by atoms with Gasteiger partial charge in [0.15, 0.2) is 5.13 Å². The minimum Gasteiger partial charge on any atom is -0.346 e. The monoisotopic (exact) mass is 240 g/mol. The molecule has 0 aromatic carbocycles. The number of piperazine rings is 1. The SMILES string of the molecule is Cc1csc(N2CCN(CCCN)CC2)n1. The van der Waals surface area contributed by atoms with Gasteiger partial charge in [-0.1, -0.05) is 0 Å². The summed E-state index contributed by atoms with van der Waals surface area (Å²) in [5.41, 5.74) is 6.65. The predicted octanol–water partition coefficient (Wildman–Crippen LogP) is 0.922. The molecule has 0 radical (unpaired) electrons. The quantitative estimate of drug-likeness (QED) is 0.850. The summed E-state index contributed by atoms with van der Waals surface area (Å²) in [6.07, 6.45) is 1.11. The van der Waals surface area contributed by atoms with E-state index in [1.165, 1.54) is 5.13 Å². The van der Waals surface area contributed by atoms with Gasteiger partial charge in [-0.3, -0.25) is 4.90 Å². The molecule has 0 unspecified atom stereocenters. The third kappa shape index (κ3) is 2.93. The predicted molar refractivity (Wildman–Crippen MR) is 69.2 cm³/mol. The first-order valence-corrected chi connectivity index (χ1v) is 6.77. The normalized spacial score (nSPS) is 18.0. The lowest BCUT2D eigenvalue weighted by atomic mass is 10.3. The van der Waals surface area contributed by atoms with Crippen molar-refractivity contribution in [2.24, 2.45) is 5.73 Å². The van der Waals surface area contributed by atoms with Gasteiger partial charge in [0.2, 0.25) is 0 Å². The second-order valence-electron chi connectivity index (χ2n) is 4.24. The number of hydrogen-bond donors (Lipinski definition) is 1. The Morgan fingerprint density at radius 3 is 2.69 bits per heavy atom. The van der Waals surface area contributed by atoms with E-state index in [0.29, 0.717) is 0 Å². The summed E-state index contributed by atoms with van der Waals surface area (Å²) in [6.45, 7) is 8.46. The minimum absolute atomic E-state index is 0.798. The van der Waals surface area contributed by atoms with Crippen molar-refractivity contribution in [1.29, 1.82) is 0 Å². The molecule has 16 heavy (non-hydrogen) atoms. The molecule has 1 aliphatic rings. The molecule has 1 aromatic heterocycles. The van der Waals surface area contributed by atoms with Crippen LogP contribution in [-0.2, 0) is 0 Å². The van der Waals surface area contributed by atoms with Gasteiger partial charge < -0.3 is 10.6 Å². The van der Waals surface area contributed by atoms with Crippen molar-refractivity contribution in [3.63, 3.8) is 0 Å². The summed E-state index contributed by atoms with van der Waals surface area (Å²) in [6, 6.07) is 0. The van der Waals surface area contributed by atoms with E-state index in [-0.39, 0.29) is 0 Å². The number of aromatic nitrogens is 1. The molecule has 5 heteroatoms. The molecule has 0 spiro atoms. The zero-order valence-corrected chi connectivity index (χ0v) is 10.7. The molecule has 2 N–H and O–H groups in total. The first-order valence-electron chi connectivity index (χ1n) is 5.89. The van der Waals surface area contributed by atoms with E-state index in [4.69, 9.17) is 5.73 Å². The van der Waals surface area contributed by atoms with Crippen molar-refractivity contribution in [2.45, 2.75) is 13.3 Å². The van der Waals surface area contributed by atoms with Gasteiger partial charge in [0.1, 0.15) is 0 Å². The Morgan fingerprint density at radius 1 is 1.38 bits per heavy atom. The number of nitrogens with zero attached hydrogens (tertiary/aromatic N) is 3. The van der Waals surface area contributed by atoms with E-state index in [0.717, 1.165) is 51.4 Å². The Morgan fingerprint density at radius 2 is 2.12 bits per heavy atom. The van der Waals surface area contributed by atoms with Crippen LogP contribution < -0.4 is 10.6 Å². The number of rotatable bonds is 4. The molecule has 0 bridgehead atoms. The van der Waals surface area contributed by atoms with Crippen molar-refractivity contribution in [3.8, 4) is 0 Å². The molecule has 90 valence electrons. The van der Waals surface area contributed by atoms with Gasteiger partial charge in [-0.05, 0) is 26.4 Å². The van der Waals surface area contributed by atoms with E-state index < -0.39 is 0 Å². The highest BCUT2D eigenvalue weighted by molar-refractivity contribution is 7.13. The van der Waals surface area contributed by atoms with Gasteiger partial charge in [-0.25, -0.2) is 4.98 Å². The number of aryl methyl sites for hydroxylation is 1. The van der Waals surface area contributed by atoms with E-state index in [1.54, 1.807) is 11.3 Å². The van der Waals surface area contributed by atoms with Crippen LogP contribution in [0.1, 0.15) is 12.1 Å². The average Bonchev–Trinajstić information content (AvgIpc) is 2.74. The van der Waals surface area contributed by atoms with Crippen LogP contribution in [-0.4, -0.2) is 49.2 Å². The van der Waals surface area contributed by atoms with Crippen LogP contribution >= 0.6 is 11.3 Å². The lowest BCUT2D eigenvalue weighted by Gasteiger charge is -2.34. The summed E-state index contributed by atoms with van der Waals surface area (Å²) in [5, 5.41) is 3.30. The summed E-state index contributed by atoms with van der Waals surface area (Å²) < 4.78 is 0. The molecule has 0 saturated carbocycles. The second-order valence-corrected chi connectivity index (χ2v) is 5.08. The molecule has 1 aromatic rings. The summed E-state index contributed by atoms with van der Waals surface area (Å²) >= 11 is 1.75. The molecular weight excluding hydrogens is 220 g/mol. The Balaban J connectivity index is 1.81. The molecular formula is C11H20N4S. The van der Waals surface area contributed by atoms with E-state index >= 15 is 0 Å². The van der Waals surface area contributed by atoms with Crippen LogP contribution in [0.3, 0.4) is 0 Å². The third-order valence-electron chi connectivity index (χ3n) is 2.93. The molecule has 1 fully saturated rings. The standard InChI is InChI=1S/C11H20N4S/c1-10-9-16-11(13-10)15-7-5-14(6-8-15)4-2-3-12/h9H,2-8,12H2,1H3. The second kappa shape index (κ2) is 5.61. The Hall–Kier alpha value is -0.650. The average molecular weight is 240 g/mol. The molecule has 0 atom stereocenters. The van der Waals surface area contributed by atoms with Crippen molar-refractivity contribution >= 4 is 16.5 Å². The summed E-state index contributed by atoms with van der Waals surface area (Å²) in [4.78, 5) is 9.40. The zero-order chi connectivity index (χ0) is 11.4. The number of hydrogen-bond acceptors (Lipinski definition) is 5. The largest absolute Gasteiger partial charge is 0.346 e. The Labute approximate surface area is 101 Å². The van der Waals surface area contributed by atoms with Crippen molar-refractivity contribution in [1.82, 2.24) is 9.88 Å². The maximum absolute atomic E-state index is 5.52. The van der Waals surface area contributed by atoms with Gasteiger partial charge in [-0.2, -0.15) is 0 Å². The van der Waals surface area contributed by atoms with Gasteiger partial charge in [0.25, 0.3) is 0 Å². The third-order valence-corrected chi connectivity index (χ3v) is 3.95. The molecule has 0 aliphatic carbocycles. The van der Waals surface area contributed by atoms with Crippen LogP contribution in [0.15, 0.2) is 5.38 Å². The molecule has 2 heterocycles. The maximum Gasteiger partial charge on any atom is 0.185 e. The van der Waals surface area contributed by atoms with E-state index in [2.05, 4.69) is 27.1 Å². The van der Waals surface area contributed by atoms with Crippen LogP contribution in [0, 0.1) is 6.92 Å². The molecule has 1 saturated heterocycles. The maximum atomic E-state index is 5.52. The lowest BCUT2D eigenvalue weighted by Crippen LogP contribution is -2.46. The number of nitrogens with two attached hydrogens (primary N) is 1. The lowest BCUT2D eigenvalue weighted by molar-refractivity contribution is 0.256. The van der Waals surface area contributed by atoms with Gasteiger partial charge in [-0.15, -0.1) is 11.3 Å². The van der Waals surface area contributed by atoms with Crippen LogP contribution in [0.4, 0.5) is 5.13 Å². The zero-order valence-electron chi connectivity index (χ0n) is 9.85. The Kier molecular flexibility index (Phi) is 4.15. The van der Waals surface area contributed by atoms with Gasteiger partial charge in [0.05, 0.1) is 5.69 Å². The van der Waals surface area contributed by atoms with E-state index in [1.807, 2.05) is 0 Å². The van der Waals surface area contributed by atoms with Crippen LogP contribution in [0.25, 0.3) is 0 Å². The number of thiazole rings is 1. The smallest absolute Gasteiger partial charge is 0.185 e. The summed E-state index contributed by atoms with van der Waals surface area (Å²) in [7, 11) is 0. The van der Waals surface area contributed by atoms with Crippen molar-refractivity contribution in [3.05, 3.63) is 11.1 Å². The highest BCUT2D eigenvalue weighted by Gasteiger charge is 2.18. The highest BCUT2D eigenvalue weighted by Crippen LogP contribution is 2.21. The first-order chi connectivity index (χ1) is 7.79. The number of anilines is 1. The molecule has 4 nitrogen and oxygen atoms in total. The van der Waals surface area contributed by atoms with E-state index in [9.17, 15) is 0 Å². The first kappa shape index (κ1) is 11.8. The van der Waals surface area contributed by atoms with Gasteiger partial charge in [0, 0.05) is 31.6 Å². The molecule has 1 aliphatic heterocycles. The fourth-order valence-corrected chi connectivity index (χ4v) is 2.82. The molecule has 2 rings (SSSR count). The summed E-state index contributed by atoms with van der Waals surface area (Å²) in [5.74, 6) is 0. The fraction of sp³-hybridized carbons (Fsp3) is 0.727. The fourth-order valence-electron chi connectivity index (χ4n) is 1.96. The van der Waals surface area contributed by atoms with Crippen molar-refractivity contribution < 1.29 is 0 Å². The Bertz CT molecular complexity index is 318. The van der Waals surface area contributed by atoms with Crippen LogP contribution in [0.5, 0.6) is 0 Å². The van der Waals surface area contributed by atoms with Crippen molar-refractivity contribution in [2.75, 3.05) is 44.2 Å². The molecule has 0 amide bonds. The minimum atomic E-state index is 0.798.